The van der Waals surface area contributed by atoms with E-state index in [1.807, 2.05) is 0 Å². The summed E-state index contributed by atoms with van der Waals surface area (Å²) in [7, 11) is 0. The molecule has 1 aromatic carbocycles. The summed E-state index contributed by atoms with van der Waals surface area (Å²) in [6.45, 7) is 1.37. The summed E-state index contributed by atoms with van der Waals surface area (Å²) >= 11 is 0. The average Bonchev–Trinajstić information content (AvgIpc) is 2.64. The van der Waals surface area contributed by atoms with Crippen molar-refractivity contribution in [3.8, 4) is 0 Å². The molecule has 2 nitrogen and oxygen atoms in total. The molecule has 2 heteroatoms. The maximum Gasteiger partial charge on any atom is 0.0527 e. The Labute approximate surface area is 90.3 Å². The standard InChI is InChI=1S/C13H17NO/c15-9-13(5-1-6-13)11-2-3-12-10(8-11)4-7-14-12/h2-3,8,14-15H,1,4-7,9H2. The van der Waals surface area contributed by atoms with E-state index in [4.69, 9.17) is 0 Å². The summed E-state index contributed by atoms with van der Waals surface area (Å²) < 4.78 is 0. The molecule has 0 amide bonds. The van der Waals surface area contributed by atoms with Crippen LogP contribution in [0.1, 0.15) is 30.4 Å². The summed E-state index contributed by atoms with van der Waals surface area (Å²) in [5.74, 6) is 0. The summed E-state index contributed by atoms with van der Waals surface area (Å²) in [6.07, 6.45) is 4.69. The summed E-state index contributed by atoms with van der Waals surface area (Å²) in [5.41, 5.74) is 4.15. The lowest BCUT2D eigenvalue weighted by Crippen LogP contribution is -2.37. The van der Waals surface area contributed by atoms with Crippen LogP contribution < -0.4 is 5.32 Å². The monoisotopic (exact) mass is 203 g/mol. The van der Waals surface area contributed by atoms with Crippen LogP contribution in [-0.2, 0) is 11.8 Å². The van der Waals surface area contributed by atoms with Crippen LogP contribution in [0.5, 0.6) is 0 Å². The average molecular weight is 203 g/mol. The molecule has 0 bridgehead atoms. The van der Waals surface area contributed by atoms with Crippen LogP contribution in [0.25, 0.3) is 0 Å². The third-order valence-corrected chi connectivity index (χ3v) is 4.04. The lowest BCUT2D eigenvalue weighted by molar-refractivity contribution is 0.120. The molecule has 80 valence electrons. The highest BCUT2D eigenvalue weighted by Crippen LogP contribution is 2.44. The number of fused-ring (bicyclic) bond motifs is 1. The highest BCUT2D eigenvalue weighted by atomic mass is 16.3. The first-order valence-corrected chi connectivity index (χ1v) is 5.82. The van der Waals surface area contributed by atoms with Gasteiger partial charge in [-0.1, -0.05) is 18.6 Å². The molecular weight excluding hydrogens is 186 g/mol. The van der Waals surface area contributed by atoms with Gasteiger partial charge in [0.05, 0.1) is 6.61 Å². The first-order valence-electron chi connectivity index (χ1n) is 5.82. The van der Waals surface area contributed by atoms with Gasteiger partial charge in [-0.25, -0.2) is 0 Å². The van der Waals surface area contributed by atoms with Crippen molar-refractivity contribution in [2.24, 2.45) is 0 Å². The Hall–Kier alpha value is -1.02. The second-order valence-electron chi connectivity index (χ2n) is 4.84. The maximum atomic E-state index is 9.52. The number of anilines is 1. The molecule has 1 aliphatic carbocycles. The van der Waals surface area contributed by atoms with Crippen molar-refractivity contribution < 1.29 is 5.11 Å². The number of benzene rings is 1. The van der Waals surface area contributed by atoms with Gasteiger partial charge in [-0.3, -0.25) is 0 Å². The van der Waals surface area contributed by atoms with Crippen LogP contribution in [0.4, 0.5) is 5.69 Å². The predicted molar refractivity (Wildman–Crippen MR) is 61.3 cm³/mol. The van der Waals surface area contributed by atoms with Crippen LogP contribution >= 0.6 is 0 Å². The van der Waals surface area contributed by atoms with Crippen LogP contribution in [0.2, 0.25) is 0 Å². The number of aliphatic hydroxyl groups is 1. The predicted octanol–water partition coefficient (Wildman–Crippen LogP) is 2.07. The molecule has 3 rings (SSSR count). The molecule has 2 N–H and O–H groups in total. The van der Waals surface area contributed by atoms with Gasteiger partial charge in [-0.05, 0) is 36.5 Å². The zero-order valence-electron chi connectivity index (χ0n) is 8.92. The third-order valence-electron chi connectivity index (χ3n) is 4.04. The fraction of sp³-hybridized carbons (Fsp3) is 0.538. The minimum absolute atomic E-state index is 0.0949. The minimum atomic E-state index is 0.0949. The van der Waals surface area contributed by atoms with Crippen molar-refractivity contribution in [2.45, 2.75) is 31.1 Å². The largest absolute Gasteiger partial charge is 0.395 e. The van der Waals surface area contributed by atoms with Crippen LogP contribution in [0, 0.1) is 0 Å². The van der Waals surface area contributed by atoms with Crippen LogP contribution in [0.3, 0.4) is 0 Å². The third kappa shape index (κ3) is 1.28. The molecule has 0 saturated heterocycles. The van der Waals surface area contributed by atoms with Gasteiger partial charge in [0.1, 0.15) is 0 Å². The van der Waals surface area contributed by atoms with Gasteiger partial charge in [0, 0.05) is 17.6 Å². The van der Waals surface area contributed by atoms with E-state index in [0.717, 1.165) is 25.8 Å². The molecular formula is C13H17NO. The Morgan fingerprint density at radius 3 is 2.87 bits per heavy atom. The van der Waals surface area contributed by atoms with Crippen molar-refractivity contribution >= 4 is 5.69 Å². The van der Waals surface area contributed by atoms with Gasteiger partial charge in [0.2, 0.25) is 0 Å². The normalized spacial score (nSPS) is 21.7. The molecule has 1 aromatic rings. The SMILES string of the molecule is OCC1(c2ccc3c(c2)CCN3)CCC1. The van der Waals surface area contributed by atoms with E-state index in [-0.39, 0.29) is 5.41 Å². The van der Waals surface area contributed by atoms with Crippen molar-refractivity contribution in [1.82, 2.24) is 0 Å². The Morgan fingerprint density at radius 1 is 1.33 bits per heavy atom. The molecule has 1 fully saturated rings. The molecule has 15 heavy (non-hydrogen) atoms. The molecule has 2 aliphatic rings. The van der Waals surface area contributed by atoms with E-state index >= 15 is 0 Å². The van der Waals surface area contributed by atoms with Gasteiger partial charge >= 0.3 is 0 Å². The fourth-order valence-corrected chi connectivity index (χ4v) is 2.78. The number of rotatable bonds is 2. The Kier molecular flexibility index (Phi) is 1.99. The Morgan fingerprint density at radius 2 is 2.20 bits per heavy atom. The fourth-order valence-electron chi connectivity index (χ4n) is 2.78. The maximum absolute atomic E-state index is 9.52. The highest BCUT2D eigenvalue weighted by Gasteiger charge is 2.38. The van der Waals surface area contributed by atoms with Crippen molar-refractivity contribution in [3.05, 3.63) is 29.3 Å². The lowest BCUT2D eigenvalue weighted by Gasteiger charge is -2.41. The number of hydrogen-bond donors (Lipinski definition) is 2. The molecule has 0 spiro atoms. The number of nitrogens with one attached hydrogen (secondary N) is 1. The quantitative estimate of drug-likeness (QED) is 0.771. The van der Waals surface area contributed by atoms with E-state index in [9.17, 15) is 5.11 Å². The molecule has 0 aromatic heterocycles. The minimum Gasteiger partial charge on any atom is -0.395 e. The van der Waals surface area contributed by atoms with Gasteiger partial charge in [-0.2, -0.15) is 0 Å². The first kappa shape index (κ1) is 9.22. The van der Waals surface area contributed by atoms with Crippen molar-refractivity contribution in [2.75, 3.05) is 18.5 Å². The molecule has 0 atom stereocenters. The van der Waals surface area contributed by atoms with Gasteiger partial charge < -0.3 is 10.4 Å². The van der Waals surface area contributed by atoms with E-state index in [0.29, 0.717) is 6.61 Å². The second-order valence-corrected chi connectivity index (χ2v) is 4.84. The van der Waals surface area contributed by atoms with Gasteiger partial charge in [-0.15, -0.1) is 0 Å². The Balaban J connectivity index is 1.98. The van der Waals surface area contributed by atoms with E-state index in [1.165, 1.54) is 23.2 Å². The van der Waals surface area contributed by atoms with E-state index < -0.39 is 0 Å². The smallest absolute Gasteiger partial charge is 0.0527 e. The van der Waals surface area contributed by atoms with Crippen LogP contribution in [-0.4, -0.2) is 18.3 Å². The van der Waals surface area contributed by atoms with Gasteiger partial charge in [0.15, 0.2) is 0 Å². The van der Waals surface area contributed by atoms with E-state index in [1.54, 1.807) is 0 Å². The number of aliphatic hydroxyl groups excluding tert-OH is 1. The van der Waals surface area contributed by atoms with Gasteiger partial charge in [0.25, 0.3) is 0 Å². The second kappa shape index (κ2) is 3.24. The van der Waals surface area contributed by atoms with Crippen molar-refractivity contribution in [3.63, 3.8) is 0 Å². The molecule has 0 radical (unpaired) electrons. The zero-order chi connectivity index (χ0) is 10.3. The Bertz CT molecular complexity index is 377. The number of hydrogen-bond acceptors (Lipinski definition) is 2. The van der Waals surface area contributed by atoms with E-state index in [2.05, 4.69) is 23.5 Å². The first-order chi connectivity index (χ1) is 7.34. The summed E-state index contributed by atoms with van der Waals surface area (Å²) in [5, 5.41) is 12.9. The molecule has 1 heterocycles. The van der Waals surface area contributed by atoms with Crippen LogP contribution in [0.15, 0.2) is 18.2 Å². The van der Waals surface area contributed by atoms with Crippen molar-refractivity contribution in [1.29, 1.82) is 0 Å². The lowest BCUT2D eigenvalue weighted by atomic mass is 9.65. The zero-order valence-corrected chi connectivity index (χ0v) is 8.92. The molecule has 1 saturated carbocycles. The molecule has 0 unspecified atom stereocenters. The summed E-state index contributed by atoms with van der Waals surface area (Å²) in [4.78, 5) is 0. The highest BCUT2D eigenvalue weighted by molar-refractivity contribution is 5.57. The summed E-state index contributed by atoms with van der Waals surface area (Å²) in [6, 6.07) is 6.66. The topological polar surface area (TPSA) is 32.3 Å². The molecule has 1 aliphatic heterocycles.